The molecule has 22 heavy (non-hydrogen) atoms. The van der Waals surface area contributed by atoms with E-state index in [0.717, 1.165) is 36.6 Å². The number of benzene rings is 1. The Morgan fingerprint density at radius 3 is 2.45 bits per heavy atom. The lowest BCUT2D eigenvalue weighted by Gasteiger charge is -2.39. The molecule has 0 aliphatic carbocycles. The fourth-order valence-electron chi connectivity index (χ4n) is 2.75. The second-order valence-corrected chi connectivity index (χ2v) is 6.29. The summed E-state index contributed by atoms with van der Waals surface area (Å²) in [6.45, 7) is 1.63. The topological polar surface area (TPSA) is 38.8 Å². The van der Waals surface area contributed by atoms with Gasteiger partial charge >= 0.3 is 0 Å². The minimum absolute atomic E-state index is 0.140. The van der Waals surface area contributed by atoms with Crippen LogP contribution in [0.25, 0.3) is 0 Å². The summed E-state index contributed by atoms with van der Waals surface area (Å²) in [5.74, 6) is 2.25. The molecule has 1 aromatic carbocycles. The third kappa shape index (κ3) is 3.09. The summed E-state index contributed by atoms with van der Waals surface area (Å²) >= 11 is 1.56. The van der Waals surface area contributed by atoms with Gasteiger partial charge in [0.05, 0.1) is 19.8 Å². The molecule has 1 fully saturated rings. The molecule has 0 atom stereocenters. The number of methoxy groups -OCH3 is 2. The van der Waals surface area contributed by atoms with Crippen molar-refractivity contribution >= 4 is 17.2 Å². The molecule has 3 rings (SSSR count). The van der Waals surface area contributed by atoms with Gasteiger partial charge in [-0.15, -0.1) is 0 Å². The van der Waals surface area contributed by atoms with Crippen LogP contribution in [-0.2, 0) is 6.42 Å². The normalized spacial score (nSPS) is 14.5. The minimum atomic E-state index is 0.140. The number of likely N-dealkylation sites (tertiary alicyclic amines) is 1. The highest BCUT2D eigenvalue weighted by molar-refractivity contribution is 7.08. The van der Waals surface area contributed by atoms with Crippen molar-refractivity contribution in [2.24, 2.45) is 5.92 Å². The third-order valence-electron chi connectivity index (χ3n) is 3.95. The molecule has 2 heterocycles. The minimum Gasteiger partial charge on any atom is -0.497 e. The zero-order valence-corrected chi connectivity index (χ0v) is 13.6. The number of thiophene rings is 1. The lowest BCUT2D eigenvalue weighted by molar-refractivity contribution is 0.0501. The molecule has 1 aliphatic heterocycles. The molecule has 116 valence electrons. The maximum absolute atomic E-state index is 12.2. The van der Waals surface area contributed by atoms with E-state index >= 15 is 0 Å². The molecule has 1 aliphatic rings. The largest absolute Gasteiger partial charge is 0.497 e. The van der Waals surface area contributed by atoms with E-state index in [1.54, 1.807) is 25.6 Å². The Morgan fingerprint density at radius 1 is 1.23 bits per heavy atom. The Morgan fingerprint density at radius 2 is 1.91 bits per heavy atom. The van der Waals surface area contributed by atoms with Crippen LogP contribution in [0.15, 0.2) is 35.0 Å². The first kappa shape index (κ1) is 14.9. The Kier molecular flexibility index (Phi) is 4.34. The molecule has 4 nitrogen and oxygen atoms in total. The average molecular weight is 317 g/mol. The molecule has 1 saturated heterocycles. The first-order valence-electron chi connectivity index (χ1n) is 7.23. The summed E-state index contributed by atoms with van der Waals surface area (Å²) < 4.78 is 10.6. The first-order valence-corrected chi connectivity index (χ1v) is 8.17. The smallest absolute Gasteiger partial charge is 0.254 e. The zero-order valence-electron chi connectivity index (χ0n) is 12.7. The summed E-state index contributed by atoms with van der Waals surface area (Å²) in [7, 11) is 3.31. The number of nitrogens with zero attached hydrogens (tertiary/aromatic N) is 1. The fraction of sp³-hybridized carbons (Fsp3) is 0.353. The molecular formula is C17H19NO3S. The van der Waals surface area contributed by atoms with Crippen LogP contribution in [0.2, 0.25) is 0 Å². The summed E-state index contributed by atoms with van der Waals surface area (Å²) in [5.41, 5.74) is 1.98. The summed E-state index contributed by atoms with van der Waals surface area (Å²) in [5, 5.41) is 3.84. The molecule has 0 radical (unpaired) electrons. The van der Waals surface area contributed by atoms with E-state index in [9.17, 15) is 4.79 Å². The molecule has 1 aromatic heterocycles. The molecule has 1 amide bonds. The number of carbonyl (C=O) groups is 1. The van der Waals surface area contributed by atoms with Crippen molar-refractivity contribution in [3.8, 4) is 11.5 Å². The molecule has 0 spiro atoms. The second kappa shape index (κ2) is 6.40. The van der Waals surface area contributed by atoms with Gasteiger partial charge in [-0.1, -0.05) is 0 Å². The summed E-state index contributed by atoms with van der Waals surface area (Å²) in [6.07, 6.45) is 0.932. The molecule has 5 heteroatoms. The van der Waals surface area contributed by atoms with E-state index in [4.69, 9.17) is 9.47 Å². The van der Waals surface area contributed by atoms with Gasteiger partial charge in [0, 0.05) is 24.5 Å². The predicted molar refractivity (Wildman–Crippen MR) is 87.0 cm³/mol. The number of rotatable bonds is 5. The Hall–Kier alpha value is -2.01. The Bertz CT molecular complexity index is 626. The van der Waals surface area contributed by atoms with Crippen molar-refractivity contribution in [1.82, 2.24) is 4.90 Å². The van der Waals surface area contributed by atoms with Crippen LogP contribution in [-0.4, -0.2) is 38.1 Å². The van der Waals surface area contributed by atoms with E-state index in [0.29, 0.717) is 5.92 Å². The van der Waals surface area contributed by atoms with Crippen LogP contribution in [0, 0.1) is 5.92 Å². The van der Waals surface area contributed by atoms with Gasteiger partial charge in [-0.25, -0.2) is 0 Å². The Labute approximate surface area is 134 Å². The van der Waals surface area contributed by atoms with Gasteiger partial charge in [-0.2, -0.15) is 11.3 Å². The second-order valence-electron chi connectivity index (χ2n) is 5.51. The van der Waals surface area contributed by atoms with E-state index in [2.05, 4.69) is 0 Å². The van der Waals surface area contributed by atoms with E-state index in [1.165, 1.54) is 5.56 Å². The molecule has 0 saturated carbocycles. The van der Waals surface area contributed by atoms with Crippen LogP contribution in [0.3, 0.4) is 0 Å². The van der Waals surface area contributed by atoms with Gasteiger partial charge < -0.3 is 14.4 Å². The van der Waals surface area contributed by atoms with Gasteiger partial charge in [0.15, 0.2) is 0 Å². The lowest BCUT2D eigenvalue weighted by atomic mass is 9.91. The standard InChI is InChI=1S/C17H19NO3S/c1-20-15-6-12(7-16(8-15)21-2)5-13-9-18(10-13)17(19)14-3-4-22-11-14/h3-4,6-8,11,13H,5,9-10H2,1-2H3. The molecule has 0 unspecified atom stereocenters. The number of ether oxygens (including phenoxy) is 2. The van der Waals surface area contributed by atoms with Crippen LogP contribution < -0.4 is 9.47 Å². The molecule has 0 N–H and O–H groups in total. The van der Waals surface area contributed by atoms with Gasteiger partial charge in [-0.3, -0.25) is 4.79 Å². The average Bonchev–Trinajstić information content (AvgIpc) is 3.03. The highest BCUT2D eigenvalue weighted by Gasteiger charge is 2.31. The van der Waals surface area contributed by atoms with Gasteiger partial charge in [0.25, 0.3) is 5.91 Å². The van der Waals surface area contributed by atoms with Crippen molar-refractivity contribution in [2.45, 2.75) is 6.42 Å². The van der Waals surface area contributed by atoms with E-state index in [-0.39, 0.29) is 5.91 Å². The van der Waals surface area contributed by atoms with Crippen LogP contribution in [0.4, 0.5) is 0 Å². The molecule has 0 bridgehead atoms. The van der Waals surface area contributed by atoms with Crippen molar-refractivity contribution in [1.29, 1.82) is 0 Å². The SMILES string of the molecule is COc1cc(CC2CN(C(=O)c3ccsc3)C2)cc(OC)c1. The lowest BCUT2D eigenvalue weighted by Crippen LogP contribution is -2.50. The number of amides is 1. The highest BCUT2D eigenvalue weighted by Crippen LogP contribution is 2.28. The van der Waals surface area contributed by atoms with Crippen molar-refractivity contribution in [3.63, 3.8) is 0 Å². The molecular weight excluding hydrogens is 298 g/mol. The Balaban J connectivity index is 1.59. The quantitative estimate of drug-likeness (QED) is 0.850. The van der Waals surface area contributed by atoms with Crippen molar-refractivity contribution in [2.75, 3.05) is 27.3 Å². The van der Waals surface area contributed by atoms with E-state index < -0.39 is 0 Å². The fourth-order valence-corrected chi connectivity index (χ4v) is 3.38. The van der Waals surface area contributed by atoms with Gasteiger partial charge in [0.2, 0.25) is 0 Å². The maximum Gasteiger partial charge on any atom is 0.254 e. The van der Waals surface area contributed by atoms with Crippen LogP contribution >= 0.6 is 11.3 Å². The number of hydrogen-bond donors (Lipinski definition) is 0. The first-order chi connectivity index (χ1) is 10.7. The molecule has 2 aromatic rings. The summed E-state index contributed by atoms with van der Waals surface area (Å²) in [6, 6.07) is 7.82. The van der Waals surface area contributed by atoms with Crippen LogP contribution in [0.1, 0.15) is 15.9 Å². The third-order valence-corrected chi connectivity index (χ3v) is 4.63. The van der Waals surface area contributed by atoms with Gasteiger partial charge in [-0.05, 0) is 41.5 Å². The van der Waals surface area contributed by atoms with E-state index in [1.807, 2.05) is 39.9 Å². The summed E-state index contributed by atoms with van der Waals surface area (Å²) in [4.78, 5) is 14.1. The highest BCUT2D eigenvalue weighted by atomic mass is 32.1. The maximum atomic E-state index is 12.2. The van der Waals surface area contributed by atoms with Gasteiger partial charge in [0.1, 0.15) is 11.5 Å². The number of hydrogen-bond acceptors (Lipinski definition) is 4. The van der Waals surface area contributed by atoms with Crippen molar-refractivity contribution in [3.05, 3.63) is 46.2 Å². The monoisotopic (exact) mass is 317 g/mol. The number of carbonyl (C=O) groups excluding carboxylic acids is 1. The van der Waals surface area contributed by atoms with Crippen LogP contribution in [0.5, 0.6) is 11.5 Å². The zero-order chi connectivity index (χ0) is 15.5. The van der Waals surface area contributed by atoms with Crippen molar-refractivity contribution < 1.29 is 14.3 Å². The predicted octanol–water partition coefficient (Wildman–Crippen LogP) is 3.08.